The molecule has 0 spiro atoms. The average molecular weight is 142 g/mol. The van der Waals surface area contributed by atoms with E-state index in [0.29, 0.717) is 12.5 Å². The first-order valence-corrected chi connectivity index (χ1v) is 3.63. The Balaban J connectivity index is 2.17. The Morgan fingerprint density at radius 3 is 2.60 bits per heavy atom. The van der Waals surface area contributed by atoms with Crippen LogP contribution in [0.5, 0.6) is 0 Å². The Kier molecular flexibility index (Phi) is 2.27. The molecule has 1 fully saturated rings. The first-order chi connectivity index (χ1) is 4.70. The summed E-state index contributed by atoms with van der Waals surface area (Å²) in [7, 11) is 3.59. The molecule has 3 heteroatoms. The highest BCUT2D eigenvalue weighted by Gasteiger charge is 2.20. The van der Waals surface area contributed by atoms with Crippen molar-refractivity contribution >= 4 is 5.91 Å². The van der Waals surface area contributed by atoms with Crippen LogP contribution in [0.15, 0.2) is 0 Å². The second-order valence-electron chi connectivity index (χ2n) is 2.93. The predicted octanol–water partition coefficient (Wildman–Crippen LogP) is -0.173. The summed E-state index contributed by atoms with van der Waals surface area (Å²) < 4.78 is 0. The van der Waals surface area contributed by atoms with Gasteiger partial charge in [-0.25, -0.2) is 0 Å². The molecular formula is C7H14N2O. The lowest BCUT2D eigenvalue weighted by Crippen LogP contribution is -2.45. The fourth-order valence-corrected chi connectivity index (χ4v) is 0.916. The molecule has 1 N–H and O–H groups in total. The third-order valence-electron chi connectivity index (χ3n) is 1.85. The highest BCUT2D eigenvalue weighted by atomic mass is 16.2. The van der Waals surface area contributed by atoms with E-state index in [4.69, 9.17) is 0 Å². The van der Waals surface area contributed by atoms with E-state index in [1.165, 1.54) is 0 Å². The van der Waals surface area contributed by atoms with Gasteiger partial charge in [0.15, 0.2) is 0 Å². The maximum Gasteiger partial charge on any atom is 0.223 e. The Bertz CT molecular complexity index is 130. The lowest BCUT2D eigenvalue weighted by Gasteiger charge is -2.27. The molecule has 0 aliphatic carbocycles. The van der Waals surface area contributed by atoms with Crippen LogP contribution >= 0.6 is 0 Å². The van der Waals surface area contributed by atoms with Crippen molar-refractivity contribution in [2.75, 3.05) is 20.6 Å². The second kappa shape index (κ2) is 3.01. The van der Waals surface area contributed by atoms with Crippen molar-refractivity contribution < 1.29 is 4.79 Å². The summed E-state index contributed by atoms with van der Waals surface area (Å²) in [5.41, 5.74) is 0. The molecule has 1 aliphatic rings. The molecule has 0 aromatic rings. The number of carbonyl (C=O) groups excluding carboxylic acids is 1. The summed E-state index contributed by atoms with van der Waals surface area (Å²) in [6, 6.07) is 0.454. The summed E-state index contributed by atoms with van der Waals surface area (Å²) in [4.78, 5) is 12.7. The molecule has 10 heavy (non-hydrogen) atoms. The van der Waals surface area contributed by atoms with Gasteiger partial charge >= 0.3 is 0 Å². The highest BCUT2D eigenvalue weighted by Crippen LogP contribution is 2.06. The summed E-state index contributed by atoms with van der Waals surface area (Å²) in [6.07, 6.45) is 1.81. The molecule has 1 atom stereocenters. The van der Waals surface area contributed by atoms with Gasteiger partial charge in [0.05, 0.1) is 0 Å². The van der Waals surface area contributed by atoms with E-state index in [2.05, 4.69) is 5.32 Å². The largest absolute Gasteiger partial charge is 0.349 e. The van der Waals surface area contributed by atoms with E-state index in [9.17, 15) is 4.79 Å². The summed E-state index contributed by atoms with van der Waals surface area (Å²) in [5.74, 6) is 0.220. The average Bonchev–Trinajstić information content (AvgIpc) is 1.77. The molecule has 0 saturated carbocycles. The van der Waals surface area contributed by atoms with Crippen molar-refractivity contribution in [2.24, 2.45) is 0 Å². The second-order valence-corrected chi connectivity index (χ2v) is 2.93. The van der Waals surface area contributed by atoms with Crippen molar-refractivity contribution in [2.45, 2.75) is 18.9 Å². The van der Waals surface area contributed by atoms with Crippen LogP contribution in [0, 0.1) is 0 Å². The first kappa shape index (κ1) is 7.54. The van der Waals surface area contributed by atoms with Gasteiger partial charge in [-0.05, 0) is 13.0 Å². The molecule has 0 radical (unpaired) electrons. The van der Waals surface area contributed by atoms with E-state index >= 15 is 0 Å². The molecule has 1 heterocycles. The number of nitrogens with one attached hydrogen (secondary N) is 1. The smallest absolute Gasteiger partial charge is 0.223 e. The van der Waals surface area contributed by atoms with E-state index in [1.54, 1.807) is 19.0 Å². The Hall–Kier alpha value is -0.570. The molecule has 0 aromatic carbocycles. The standard InChI is InChI=1S/C7H14N2O/c1-9(2)7(10)5-6-3-4-8-6/h6,8H,3-5H2,1-2H3/t6-/m0/s1. The van der Waals surface area contributed by atoms with Gasteiger partial charge < -0.3 is 10.2 Å². The Morgan fingerprint density at radius 2 is 2.30 bits per heavy atom. The predicted molar refractivity (Wildman–Crippen MR) is 39.7 cm³/mol. The van der Waals surface area contributed by atoms with Crippen LogP contribution < -0.4 is 5.32 Å². The van der Waals surface area contributed by atoms with Gasteiger partial charge in [-0.2, -0.15) is 0 Å². The van der Waals surface area contributed by atoms with E-state index in [1.807, 2.05) is 0 Å². The molecule has 1 saturated heterocycles. The molecule has 3 nitrogen and oxygen atoms in total. The monoisotopic (exact) mass is 142 g/mol. The first-order valence-electron chi connectivity index (χ1n) is 3.63. The molecule has 1 rings (SSSR count). The van der Waals surface area contributed by atoms with Gasteiger partial charge in [0, 0.05) is 26.6 Å². The lowest BCUT2D eigenvalue weighted by molar-refractivity contribution is -0.129. The van der Waals surface area contributed by atoms with Gasteiger partial charge in [-0.15, -0.1) is 0 Å². The maximum absolute atomic E-state index is 11.0. The van der Waals surface area contributed by atoms with Crippen molar-refractivity contribution in [3.8, 4) is 0 Å². The lowest BCUT2D eigenvalue weighted by atomic mass is 10.0. The molecule has 0 bridgehead atoms. The van der Waals surface area contributed by atoms with E-state index < -0.39 is 0 Å². The number of hydrogen-bond donors (Lipinski definition) is 1. The van der Waals surface area contributed by atoms with Gasteiger partial charge in [0.1, 0.15) is 0 Å². The van der Waals surface area contributed by atoms with Crippen LogP contribution in [0.25, 0.3) is 0 Å². The number of amides is 1. The molecule has 1 aliphatic heterocycles. The fourth-order valence-electron chi connectivity index (χ4n) is 0.916. The van der Waals surface area contributed by atoms with Crippen molar-refractivity contribution in [1.82, 2.24) is 10.2 Å². The van der Waals surface area contributed by atoms with Crippen LogP contribution in [-0.2, 0) is 4.79 Å². The van der Waals surface area contributed by atoms with Gasteiger partial charge in [0.2, 0.25) is 5.91 Å². The van der Waals surface area contributed by atoms with Crippen molar-refractivity contribution in [3.63, 3.8) is 0 Å². The topological polar surface area (TPSA) is 32.3 Å². The maximum atomic E-state index is 11.0. The third kappa shape index (κ3) is 1.70. The zero-order valence-corrected chi connectivity index (χ0v) is 6.55. The van der Waals surface area contributed by atoms with Crippen LogP contribution in [0.3, 0.4) is 0 Å². The molecular weight excluding hydrogens is 128 g/mol. The molecule has 0 unspecified atom stereocenters. The minimum atomic E-state index is 0.220. The highest BCUT2D eigenvalue weighted by molar-refractivity contribution is 5.76. The van der Waals surface area contributed by atoms with Crippen LogP contribution in [-0.4, -0.2) is 37.5 Å². The van der Waals surface area contributed by atoms with E-state index in [0.717, 1.165) is 13.0 Å². The summed E-state index contributed by atoms with van der Waals surface area (Å²) in [6.45, 7) is 1.07. The normalized spacial score (nSPS) is 23.6. The molecule has 1 amide bonds. The summed E-state index contributed by atoms with van der Waals surface area (Å²) >= 11 is 0. The number of hydrogen-bond acceptors (Lipinski definition) is 2. The number of rotatable bonds is 2. The fraction of sp³-hybridized carbons (Fsp3) is 0.857. The molecule has 58 valence electrons. The van der Waals surface area contributed by atoms with Gasteiger partial charge in [0.25, 0.3) is 0 Å². The third-order valence-corrected chi connectivity index (χ3v) is 1.85. The van der Waals surface area contributed by atoms with Crippen LogP contribution in [0.1, 0.15) is 12.8 Å². The Morgan fingerprint density at radius 1 is 1.70 bits per heavy atom. The van der Waals surface area contributed by atoms with E-state index in [-0.39, 0.29) is 5.91 Å². The minimum absolute atomic E-state index is 0.220. The SMILES string of the molecule is CN(C)C(=O)C[C@@H]1CCN1. The Labute approximate surface area is 61.4 Å². The number of carbonyl (C=O) groups is 1. The minimum Gasteiger partial charge on any atom is -0.349 e. The van der Waals surface area contributed by atoms with Gasteiger partial charge in [-0.1, -0.05) is 0 Å². The van der Waals surface area contributed by atoms with Crippen LogP contribution in [0.4, 0.5) is 0 Å². The van der Waals surface area contributed by atoms with Crippen LogP contribution in [0.2, 0.25) is 0 Å². The van der Waals surface area contributed by atoms with Crippen molar-refractivity contribution in [1.29, 1.82) is 0 Å². The van der Waals surface area contributed by atoms with Crippen molar-refractivity contribution in [3.05, 3.63) is 0 Å². The van der Waals surface area contributed by atoms with Gasteiger partial charge in [-0.3, -0.25) is 4.79 Å². The zero-order chi connectivity index (χ0) is 7.56. The zero-order valence-electron chi connectivity index (χ0n) is 6.55. The quantitative estimate of drug-likeness (QED) is 0.580. The summed E-state index contributed by atoms with van der Waals surface area (Å²) in [5, 5.41) is 3.18. The number of nitrogens with zero attached hydrogens (tertiary/aromatic N) is 1. The molecule has 0 aromatic heterocycles.